The van der Waals surface area contributed by atoms with Crippen molar-refractivity contribution in [3.8, 4) is 0 Å². The van der Waals surface area contributed by atoms with Crippen molar-refractivity contribution >= 4 is 11.6 Å². The van der Waals surface area contributed by atoms with Crippen molar-refractivity contribution in [2.45, 2.75) is 26.1 Å². The lowest BCUT2D eigenvalue weighted by molar-refractivity contribution is 1.04. The summed E-state index contributed by atoms with van der Waals surface area (Å²) in [6, 6.07) is 2.05. The average Bonchev–Trinajstić information content (AvgIpc) is 2.04. The van der Waals surface area contributed by atoms with Gasteiger partial charge in [0.05, 0.1) is 11.6 Å². The topological polar surface area (TPSA) is 12.9 Å². The largest absolute Gasteiger partial charge is 0.260 e. The first-order valence-electron chi connectivity index (χ1n) is 3.78. The average molecular weight is 170 g/mol. The Morgan fingerprint density at radius 1 is 1.55 bits per heavy atom. The van der Waals surface area contributed by atoms with Crippen molar-refractivity contribution in [3.63, 3.8) is 0 Å². The number of hydrogen-bond donors (Lipinski definition) is 0. The summed E-state index contributed by atoms with van der Waals surface area (Å²) in [6.45, 7) is 4.22. The Balaban J connectivity index is 2.99. The molecule has 0 aliphatic carbocycles. The first-order chi connectivity index (χ1) is 5.27. The van der Waals surface area contributed by atoms with Gasteiger partial charge in [-0.2, -0.15) is 0 Å². The molecule has 0 amide bonds. The van der Waals surface area contributed by atoms with Crippen LogP contribution >= 0.6 is 11.6 Å². The maximum absolute atomic E-state index is 5.63. The number of pyridine rings is 1. The second-order valence-corrected chi connectivity index (χ2v) is 2.86. The highest BCUT2D eigenvalue weighted by Crippen LogP contribution is 2.09. The normalized spacial score (nSPS) is 10.1. The van der Waals surface area contributed by atoms with E-state index in [0.29, 0.717) is 5.88 Å². The lowest BCUT2D eigenvalue weighted by Crippen LogP contribution is -1.92. The van der Waals surface area contributed by atoms with Crippen LogP contribution in [0.3, 0.4) is 0 Å². The molecule has 0 saturated carbocycles. The number of aromatic nitrogens is 1. The van der Waals surface area contributed by atoms with E-state index in [1.807, 2.05) is 12.3 Å². The van der Waals surface area contributed by atoms with E-state index in [1.54, 1.807) is 0 Å². The summed E-state index contributed by atoms with van der Waals surface area (Å²) in [7, 11) is 0. The summed E-state index contributed by atoms with van der Waals surface area (Å²) in [5.41, 5.74) is 3.55. The maximum atomic E-state index is 5.63. The lowest BCUT2D eigenvalue weighted by Gasteiger charge is -2.02. The molecule has 0 N–H and O–H groups in total. The monoisotopic (exact) mass is 169 g/mol. The Morgan fingerprint density at radius 3 is 2.73 bits per heavy atom. The van der Waals surface area contributed by atoms with Crippen LogP contribution in [0.15, 0.2) is 12.3 Å². The van der Waals surface area contributed by atoms with Gasteiger partial charge < -0.3 is 0 Å². The molecule has 1 aromatic rings. The molecule has 0 atom stereocenters. The molecule has 0 saturated heterocycles. The molecule has 2 heteroatoms. The Bertz CT molecular complexity index is 245. The quantitative estimate of drug-likeness (QED) is 0.621. The van der Waals surface area contributed by atoms with Crippen molar-refractivity contribution < 1.29 is 0 Å². The molecule has 0 radical (unpaired) electrons. The van der Waals surface area contributed by atoms with E-state index in [1.165, 1.54) is 11.1 Å². The minimum absolute atomic E-state index is 0.505. The van der Waals surface area contributed by atoms with Crippen LogP contribution in [-0.2, 0) is 12.3 Å². The Hall–Kier alpha value is -0.560. The highest BCUT2D eigenvalue weighted by molar-refractivity contribution is 6.16. The molecule has 1 rings (SSSR count). The molecule has 0 aliphatic heterocycles. The number of halogens is 1. The van der Waals surface area contributed by atoms with E-state index in [9.17, 15) is 0 Å². The van der Waals surface area contributed by atoms with Crippen molar-refractivity contribution in [1.29, 1.82) is 0 Å². The van der Waals surface area contributed by atoms with E-state index in [-0.39, 0.29) is 0 Å². The summed E-state index contributed by atoms with van der Waals surface area (Å²) in [4.78, 5) is 4.20. The molecule has 0 fully saturated rings. The van der Waals surface area contributed by atoms with Gasteiger partial charge in [0.2, 0.25) is 0 Å². The lowest BCUT2D eigenvalue weighted by atomic mass is 10.1. The van der Waals surface area contributed by atoms with Gasteiger partial charge in [-0.15, -0.1) is 11.6 Å². The molecule has 0 aliphatic rings. The van der Waals surface area contributed by atoms with E-state index < -0.39 is 0 Å². The summed E-state index contributed by atoms with van der Waals surface area (Å²) in [6.07, 6.45) is 2.95. The van der Waals surface area contributed by atoms with Crippen molar-refractivity contribution in [2.24, 2.45) is 0 Å². The molecule has 1 aromatic heterocycles. The third-order valence-electron chi connectivity index (χ3n) is 1.79. The zero-order chi connectivity index (χ0) is 8.27. The molecule has 0 bridgehead atoms. The van der Waals surface area contributed by atoms with Crippen LogP contribution in [-0.4, -0.2) is 4.98 Å². The number of aryl methyl sites for hydroxylation is 2. The third kappa shape index (κ3) is 1.93. The molecule has 0 aromatic carbocycles. The van der Waals surface area contributed by atoms with E-state index in [0.717, 1.165) is 12.1 Å². The molecule has 1 nitrogen and oxygen atoms in total. The predicted octanol–water partition coefficient (Wildman–Crippen LogP) is 2.69. The van der Waals surface area contributed by atoms with Gasteiger partial charge in [0.1, 0.15) is 0 Å². The van der Waals surface area contributed by atoms with Crippen LogP contribution in [0.4, 0.5) is 0 Å². The smallest absolute Gasteiger partial charge is 0.0647 e. The third-order valence-corrected chi connectivity index (χ3v) is 2.07. The summed E-state index contributed by atoms with van der Waals surface area (Å²) >= 11 is 5.63. The standard InChI is InChI=1S/C9H12ClN/c1-3-8-6-11-9(5-10)4-7(8)2/h4,6H,3,5H2,1-2H3. The van der Waals surface area contributed by atoms with Gasteiger partial charge in [-0.25, -0.2) is 0 Å². The molecular formula is C9H12ClN. The number of hydrogen-bond acceptors (Lipinski definition) is 1. The minimum atomic E-state index is 0.505. The van der Waals surface area contributed by atoms with E-state index >= 15 is 0 Å². The van der Waals surface area contributed by atoms with Gasteiger partial charge in [0.25, 0.3) is 0 Å². The zero-order valence-electron chi connectivity index (χ0n) is 6.89. The second-order valence-electron chi connectivity index (χ2n) is 2.59. The summed E-state index contributed by atoms with van der Waals surface area (Å²) in [5.74, 6) is 0.505. The molecule has 0 spiro atoms. The van der Waals surface area contributed by atoms with Gasteiger partial charge >= 0.3 is 0 Å². The van der Waals surface area contributed by atoms with Crippen LogP contribution in [0.25, 0.3) is 0 Å². The first-order valence-corrected chi connectivity index (χ1v) is 4.31. The Labute approximate surface area is 72.4 Å². The van der Waals surface area contributed by atoms with E-state index in [2.05, 4.69) is 18.8 Å². The van der Waals surface area contributed by atoms with Crippen LogP contribution in [0.2, 0.25) is 0 Å². The van der Waals surface area contributed by atoms with Gasteiger partial charge in [-0.1, -0.05) is 6.92 Å². The minimum Gasteiger partial charge on any atom is -0.260 e. The highest BCUT2D eigenvalue weighted by Gasteiger charge is 1.97. The Kier molecular flexibility index (Phi) is 2.89. The molecule has 1 heterocycles. The molecule has 60 valence electrons. The van der Waals surface area contributed by atoms with E-state index in [4.69, 9.17) is 11.6 Å². The van der Waals surface area contributed by atoms with Crippen LogP contribution in [0.5, 0.6) is 0 Å². The fourth-order valence-electron chi connectivity index (χ4n) is 1.09. The number of alkyl halides is 1. The first kappa shape index (κ1) is 8.54. The molecule has 0 unspecified atom stereocenters. The number of rotatable bonds is 2. The summed E-state index contributed by atoms with van der Waals surface area (Å²) < 4.78 is 0. The van der Waals surface area contributed by atoms with Gasteiger partial charge in [-0.3, -0.25) is 4.98 Å². The van der Waals surface area contributed by atoms with Crippen LogP contribution < -0.4 is 0 Å². The maximum Gasteiger partial charge on any atom is 0.0647 e. The van der Waals surface area contributed by atoms with Crippen molar-refractivity contribution in [1.82, 2.24) is 4.98 Å². The molecular weight excluding hydrogens is 158 g/mol. The van der Waals surface area contributed by atoms with Crippen molar-refractivity contribution in [3.05, 3.63) is 29.1 Å². The SMILES string of the molecule is CCc1cnc(CCl)cc1C. The predicted molar refractivity (Wildman–Crippen MR) is 47.9 cm³/mol. The fraction of sp³-hybridized carbons (Fsp3) is 0.444. The molecule has 11 heavy (non-hydrogen) atoms. The zero-order valence-corrected chi connectivity index (χ0v) is 7.65. The second kappa shape index (κ2) is 3.72. The van der Waals surface area contributed by atoms with Crippen LogP contribution in [0, 0.1) is 6.92 Å². The van der Waals surface area contributed by atoms with Gasteiger partial charge in [0, 0.05) is 6.20 Å². The highest BCUT2D eigenvalue weighted by atomic mass is 35.5. The van der Waals surface area contributed by atoms with Crippen LogP contribution in [0.1, 0.15) is 23.7 Å². The van der Waals surface area contributed by atoms with Gasteiger partial charge in [-0.05, 0) is 30.5 Å². The number of nitrogens with zero attached hydrogens (tertiary/aromatic N) is 1. The van der Waals surface area contributed by atoms with Gasteiger partial charge in [0.15, 0.2) is 0 Å². The summed E-state index contributed by atoms with van der Waals surface area (Å²) in [5, 5.41) is 0. The fourth-order valence-corrected chi connectivity index (χ4v) is 1.23. The van der Waals surface area contributed by atoms with Crippen molar-refractivity contribution in [2.75, 3.05) is 0 Å². The Morgan fingerprint density at radius 2 is 2.27 bits per heavy atom.